The third kappa shape index (κ3) is 2.70. The molecule has 1 aliphatic rings. The molecule has 18 heavy (non-hydrogen) atoms. The van der Waals surface area contributed by atoms with Crippen LogP contribution < -0.4 is 4.74 Å². The third-order valence-electron chi connectivity index (χ3n) is 2.58. The van der Waals surface area contributed by atoms with Crippen molar-refractivity contribution < 1.29 is 19.7 Å². The van der Waals surface area contributed by atoms with Crippen molar-refractivity contribution in [2.45, 2.75) is 12.5 Å². The molecule has 2 rings (SSSR count). The molecule has 1 aromatic rings. The Morgan fingerprint density at radius 2 is 2.28 bits per heavy atom. The quantitative estimate of drug-likeness (QED) is 0.817. The van der Waals surface area contributed by atoms with E-state index in [0.29, 0.717) is 13.0 Å². The summed E-state index contributed by atoms with van der Waals surface area (Å²) in [6.45, 7) is 0.607. The Labute approximate surface area is 113 Å². The fourth-order valence-electron chi connectivity index (χ4n) is 1.70. The fourth-order valence-corrected chi connectivity index (χ4v) is 2.12. The summed E-state index contributed by atoms with van der Waals surface area (Å²) in [5.74, 6) is -0.375. The van der Waals surface area contributed by atoms with Gasteiger partial charge in [-0.2, -0.15) is 4.98 Å². The highest BCUT2D eigenvalue weighted by atomic mass is 35.5. The van der Waals surface area contributed by atoms with Crippen LogP contribution in [0.2, 0.25) is 10.2 Å². The minimum absolute atomic E-state index is 0.0399. The molecule has 1 aromatic heterocycles. The Morgan fingerprint density at radius 1 is 1.56 bits per heavy atom. The van der Waals surface area contributed by atoms with Gasteiger partial charge in [-0.15, -0.1) is 0 Å². The summed E-state index contributed by atoms with van der Waals surface area (Å²) < 4.78 is 5.41. The number of hydrogen-bond acceptors (Lipinski definition) is 4. The van der Waals surface area contributed by atoms with Crippen molar-refractivity contribution in [2.24, 2.45) is 0 Å². The van der Waals surface area contributed by atoms with Gasteiger partial charge in [0.1, 0.15) is 11.3 Å². The average molecular weight is 293 g/mol. The number of likely N-dealkylation sites (tertiary alicyclic amines) is 1. The van der Waals surface area contributed by atoms with Crippen LogP contribution in [-0.2, 0) is 0 Å². The number of carboxylic acid groups (broad SMARTS) is 1. The minimum atomic E-state index is -0.998. The van der Waals surface area contributed by atoms with Gasteiger partial charge < -0.3 is 19.8 Å². The Morgan fingerprint density at radius 3 is 2.89 bits per heavy atom. The number of rotatable bonds is 2. The topological polar surface area (TPSA) is 82.9 Å². The SMILES string of the molecule is O=C(O)N1CC[C@H](Oc2nc(Cl)cc(Cl)c2O)C1. The maximum absolute atomic E-state index is 10.7. The van der Waals surface area contributed by atoms with Crippen molar-refractivity contribution in [1.29, 1.82) is 0 Å². The second kappa shape index (κ2) is 5.07. The number of aromatic nitrogens is 1. The number of halogens is 2. The van der Waals surface area contributed by atoms with E-state index in [-0.39, 0.29) is 34.5 Å². The van der Waals surface area contributed by atoms with Gasteiger partial charge in [0, 0.05) is 13.0 Å². The summed E-state index contributed by atoms with van der Waals surface area (Å²) in [6, 6.07) is 1.30. The van der Waals surface area contributed by atoms with Gasteiger partial charge in [0.25, 0.3) is 5.88 Å². The van der Waals surface area contributed by atoms with Gasteiger partial charge in [-0.3, -0.25) is 0 Å². The molecule has 0 radical (unpaired) electrons. The average Bonchev–Trinajstić information content (AvgIpc) is 2.74. The highest BCUT2D eigenvalue weighted by Gasteiger charge is 2.28. The Bertz CT molecular complexity index is 483. The summed E-state index contributed by atoms with van der Waals surface area (Å²) in [4.78, 5) is 15.8. The Hall–Kier alpha value is -1.40. The molecule has 0 aromatic carbocycles. The zero-order valence-electron chi connectivity index (χ0n) is 9.14. The van der Waals surface area contributed by atoms with E-state index in [4.69, 9.17) is 33.0 Å². The van der Waals surface area contributed by atoms with Gasteiger partial charge >= 0.3 is 6.09 Å². The summed E-state index contributed by atoms with van der Waals surface area (Å²) in [7, 11) is 0. The molecular weight excluding hydrogens is 283 g/mol. The fraction of sp³-hybridized carbons (Fsp3) is 0.400. The third-order valence-corrected chi connectivity index (χ3v) is 3.06. The molecule has 98 valence electrons. The van der Waals surface area contributed by atoms with Crippen LogP contribution in [0.15, 0.2) is 6.07 Å². The molecule has 0 saturated carbocycles. The van der Waals surface area contributed by atoms with Crippen molar-refractivity contribution in [3.8, 4) is 11.6 Å². The van der Waals surface area contributed by atoms with Gasteiger partial charge in [0.05, 0.1) is 11.6 Å². The second-order valence-electron chi connectivity index (χ2n) is 3.84. The van der Waals surface area contributed by atoms with E-state index >= 15 is 0 Å². The molecule has 1 amide bonds. The highest BCUT2D eigenvalue weighted by Crippen LogP contribution is 2.35. The van der Waals surface area contributed by atoms with Gasteiger partial charge in [0.15, 0.2) is 5.75 Å². The molecule has 8 heteroatoms. The van der Waals surface area contributed by atoms with Crippen molar-refractivity contribution in [3.63, 3.8) is 0 Å². The lowest BCUT2D eigenvalue weighted by Gasteiger charge is -2.15. The molecule has 0 bridgehead atoms. The Balaban J connectivity index is 2.09. The first-order valence-electron chi connectivity index (χ1n) is 5.17. The molecular formula is C10H10Cl2N2O4. The van der Waals surface area contributed by atoms with Crippen LogP contribution in [0.5, 0.6) is 11.6 Å². The van der Waals surface area contributed by atoms with Crippen LogP contribution in [0.3, 0.4) is 0 Å². The van der Waals surface area contributed by atoms with Crippen LogP contribution in [0.1, 0.15) is 6.42 Å². The molecule has 1 saturated heterocycles. The van der Waals surface area contributed by atoms with Gasteiger partial charge in [-0.05, 0) is 6.07 Å². The van der Waals surface area contributed by atoms with Gasteiger partial charge in [0.2, 0.25) is 0 Å². The first-order chi connectivity index (χ1) is 8.47. The van der Waals surface area contributed by atoms with E-state index in [2.05, 4.69) is 4.98 Å². The second-order valence-corrected chi connectivity index (χ2v) is 4.63. The zero-order valence-corrected chi connectivity index (χ0v) is 10.6. The number of hydrogen-bond donors (Lipinski definition) is 2. The van der Waals surface area contributed by atoms with Crippen LogP contribution in [-0.4, -0.2) is 45.4 Å². The van der Waals surface area contributed by atoms with E-state index in [1.165, 1.54) is 11.0 Å². The summed E-state index contributed by atoms with van der Waals surface area (Å²) in [5.41, 5.74) is 0. The molecule has 0 unspecified atom stereocenters. The number of ether oxygens (including phenoxy) is 1. The van der Waals surface area contributed by atoms with Crippen molar-refractivity contribution in [1.82, 2.24) is 9.88 Å². The van der Waals surface area contributed by atoms with E-state index in [1.54, 1.807) is 0 Å². The normalized spacial score (nSPS) is 19.0. The predicted octanol–water partition coefficient (Wildman–Crippen LogP) is 2.23. The van der Waals surface area contributed by atoms with Gasteiger partial charge in [-0.25, -0.2) is 4.79 Å². The molecule has 6 nitrogen and oxygen atoms in total. The molecule has 1 atom stereocenters. The van der Waals surface area contributed by atoms with Crippen LogP contribution in [0, 0.1) is 0 Å². The summed E-state index contributed by atoms with van der Waals surface area (Å²) in [5, 5.41) is 18.6. The number of carbonyl (C=O) groups is 1. The smallest absolute Gasteiger partial charge is 0.407 e. The zero-order chi connectivity index (χ0) is 13.3. The summed E-state index contributed by atoms with van der Waals surface area (Å²) >= 11 is 11.4. The van der Waals surface area contributed by atoms with E-state index in [9.17, 15) is 9.90 Å². The number of nitrogens with zero attached hydrogens (tertiary/aromatic N) is 2. The molecule has 2 heterocycles. The minimum Gasteiger partial charge on any atom is -0.502 e. The van der Waals surface area contributed by atoms with Crippen molar-refractivity contribution >= 4 is 29.3 Å². The van der Waals surface area contributed by atoms with Crippen LogP contribution >= 0.6 is 23.2 Å². The molecule has 0 spiro atoms. The monoisotopic (exact) mass is 292 g/mol. The van der Waals surface area contributed by atoms with Crippen molar-refractivity contribution in [3.05, 3.63) is 16.2 Å². The van der Waals surface area contributed by atoms with Crippen LogP contribution in [0.25, 0.3) is 0 Å². The molecule has 0 aliphatic carbocycles. The maximum Gasteiger partial charge on any atom is 0.407 e. The van der Waals surface area contributed by atoms with Gasteiger partial charge in [-0.1, -0.05) is 23.2 Å². The van der Waals surface area contributed by atoms with Crippen molar-refractivity contribution in [2.75, 3.05) is 13.1 Å². The van der Waals surface area contributed by atoms with E-state index in [0.717, 1.165) is 0 Å². The van der Waals surface area contributed by atoms with Crippen LogP contribution in [0.4, 0.5) is 4.79 Å². The van der Waals surface area contributed by atoms with E-state index in [1.807, 2.05) is 0 Å². The first kappa shape index (κ1) is 13.0. The lowest BCUT2D eigenvalue weighted by molar-refractivity contribution is 0.143. The molecule has 1 fully saturated rings. The largest absolute Gasteiger partial charge is 0.502 e. The first-order valence-corrected chi connectivity index (χ1v) is 5.92. The maximum atomic E-state index is 10.7. The number of amides is 1. The molecule has 1 aliphatic heterocycles. The lowest BCUT2D eigenvalue weighted by atomic mass is 10.3. The number of pyridine rings is 1. The Kier molecular flexibility index (Phi) is 3.68. The van der Waals surface area contributed by atoms with E-state index < -0.39 is 6.09 Å². The predicted molar refractivity (Wildman–Crippen MR) is 64.6 cm³/mol. The lowest BCUT2D eigenvalue weighted by Crippen LogP contribution is -2.29. The summed E-state index contributed by atoms with van der Waals surface area (Å²) in [6.07, 6.45) is -0.839. The highest BCUT2D eigenvalue weighted by molar-refractivity contribution is 6.35. The molecule has 2 N–H and O–H groups in total. The standard InChI is InChI=1S/C10H10Cl2N2O4/c11-6-3-7(12)13-9(8(6)15)18-5-1-2-14(4-5)10(16)17/h3,5,15H,1-2,4H2,(H,16,17)/t5-/m0/s1. The number of aromatic hydroxyl groups is 1.